The van der Waals surface area contributed by atoms with Crippen molar-refractivity contribution in [3.8, 4) is 0 Å². The summed E-state index contributed by atoms with van der Waals surface area (Å²) >= 11 is 0. The van der Waals surface area contributed by atoms with E-state index in [2.05, 4.69) is 60.9 Å². The minimum atomic E-state index is 0.608. The number of guanidine groups is 1. The number of para-hydroxylation sites is 1. The van der Waals surface area contributed by atoms with E-state index in [0.717, 1.165) is 31.4 Å². The molecule has 2 aromatic rings. The fourth-order valence-electron chi connectivity index (χ4n) is 2.98. The van der Waals surface area contributed by atoms with Gasteiger partial charge in [-0.25, -0.2) is 4.98 Å². The van der Waals surface area contributed by atoms with Crippen LogP contribution < -0.4 is 15.5 Å². The van der Waals surface area contributed by atoms with Crippen LogP contribution in [0, 0.1) is 5.92 Å². The van der Waals surface area contributed by atoms with Crippen LogP contribution in [0.4, 0.5) is 5.69 Å². The Bertz CT molecular complexity index is 665. The Balaban J connectivity index is 1.44. The lowest BCUT2D eigenvalue weighted by atomic mass is 10.1. The first-order valence-electron chi connectivity index (χ1n) is 8.33. The minimum absolute atomic E-state index is 0.608. The summed E-state index contributed by atoms with van der Waals surface area (Å²) < 4.78 is 1.76. The lowest BCUT2D eigenvalue weighted by molar-refractivity contribution is 0.564. The Morgan fingerprint density at radius 3 is 2.83 bits per heavy atom. The zero-order valence-corrected chi connectivity index (χ0v) is 14.3. The molecule has 24 heavy (non-hydrogen) atoms. The number of hydrogen-bond acceptors (Lipinski definition) is 4. The summed E-state index contributed by atoms with van der Waals surface area (Å²) in [7, 11) is 3.67. The summed E-state index contributed by atoms with van der Waals surface area (Å²) in [6, 6.07) is 10.6. The second-order valence-electron chi connectivity index (χ2n) is 6.04. The van der Waals surface area contributed by atoms with E-state index >= 15 is 0 Å². The molecule has 0 spiro atoms. The fraction of sp³-hybridized carbons (Fsp3) is 0.471. The molecule has 1 aromatic heterocycles. The first-order chi connectivity index (χ1) is 11.8. The Kier molecular flexibility index (Phi) is 5.30. The maximum Gasteiger partial charge on any atom is 0.191 e. The van der Waals surface area contributed by atoms with Gasteiger partial charge >= 0.3 is 0 Å². The van der Waals surface area contributed by atoms with Gasteiger partial charge in [-0.1, -0.05) is 18.2 Å². The highest BCUT2D eigenvalue weighted by molar-refractivity contribution is 5.79. The van der Waals surface area contributed by atoms with Crippen LogP contribution in [-0.4, -0.2) is 47.4 Å². The van der Waals surface area contributed by atoms with Gasteiger partial charge in [-0.2, -0.15) is 5.10 Å². The van der Waals surface area contributed by atoms with E-state index < -0.39 is 0 Å². The fourth-order valence-corrected chi connectivity index (χ4v) is 2.98. The maximum atomic E-state index is 4.28. The highest BCUT2D eigenvalue weighted by Crippen LogP contribution is 2.22. The number of nitrogens with zero attached hydrogens (tertiary/aromatic N) is 5. The third-order valence-corrected chi connectivity index (χ3v) is 4.41. The third kappa shape index (κ3) is 4.04. The molecule has 0 aliphatic carbocycles. The molecule has 2 heterocycles. The van der Waals surface area contributed by atoms with Crippen molar-refractivity contribution >= 4 is 11.6 Å². The average molecular weight is 327 g/mol. The highest BCUT2D eigenvalue weighted by Gasteiger charge is 2.22. The first kappa shape index (κ1) is 16.3. The van der Waals surface area contributed by atoms with Crippen molar-refractivity contribution in [1.82, 2.24) is 25.4 Å². The van der Waals surface area contributed by atoms with Crippen LogP contribution >= 0.6 is 0 Å². The summed E-state index contributed by atoms with van der Waals surface area (Å²) in [5.74, 6) is 2.31. The number of benzene rings is 1. The van der Waals surface area contributed by atoms with Gasteiger partial charge in [0.15, 0.2) is 5.96 Å². The molecule has 1 unspecified atom stereocenters. The molecule has 1 atom stereocenters. The number of rotatable bonds is 5. The molecule has 1 aromatic carbocycles. The van der Waals surface area contributed by atoms with E-state index in [1.54, 1.807) is 18.1 Å². The average Bonchev–Trinajstić information content (AvgIpc) is 3.25. The second kappa shape index (κ2) is 7.81. The molecular weight excluding hydrogens is 302 g/mol. The number of hydrogen-bond donors (Lipinski definition) is 2. The minimum Gasteiger partial charge on any atom is -0.371 e. The molecule has 0 bridgehead atoms. The standard InChI is InChI=1S/C17H25N7/c1-18-17(20-11-16-21-13-22-23(16)2)19-10-14-8-9-24(12-14)15-6-4-3-5-7-15/h3-7,13-14H,8-12H2,1-2H3,(H2,18,19,20). The molecule has 1 aliphatic heterocycles. The lowest BCUT2D eigenvalue weighted by Crippen LogP contribution is -2.40. The topological polar surface area (TPSA) is 70.4 Å². The van der Waals surface area contributed by atoms with Crippen molar-refractivity contribution in [2.45, 2.75) is 13.0 Å². The van der Waals surface area contributed by atoms with Gasteiger partial charge in [0.1, 0.15) is 12.2 Å². The monoisotopic (exact) mass is 327 g/mol. The van der Waals surface area contributed by atoms with Crippen molar-refractivity contribution in [3.05, 3.63) is 42.5 Å². The van der Waals surface area contributed by atoms with Crippen molar-refractivity contribution in [3.63, 3.8) is 0 Å². The van der Waals surface area contributed by atoms with Crippen molar-refractivity contribution in [1.29, 1.82) is 0 Å². The Morgan fingerprint density at radius 1 is 1.29 bits per heavy atom. The number of anilines is 1. The van der Waals surface area contributed by atoms with Crippen LogP contribution in [0.15, 0.2) is 41.7 Å². The summed E-state index contributed by atoms with van der Waals surface area (Å²) in [4.78, 5) is 10.9. The van der Waals surface area contributed by atoms with Gasteiger partial charge in [-0.15, -0.1) is 0 Å². The normalized spacial score (nSPS) is 18.0. The van der Waals surface area contributed by atoms with Crippen LogP contribution in [-0.2, 0) is 13.6 Å². The van der Waals surface area contributed by atoms with E-state index in [9.17, 15) is 0 Å². The molecule has 7 heteroatoms. The van der Waals surface area contributed by atoms with Crippen LogP contribution in [0.2, 0.25) is 0 Å². The summed E-state index contributed by atoms with van der Waals surface area (Å²) in [5.41, 5.74) is 1.31. The van der Waals surface area contributed by atoms with E-state index in [-0.39, 0.29) is 0 Å². The maximum absolute atomic E-state index is 4.28. The SMILES string of the molecule is CN=C(NCc1ncnn1C)NCC1CCN(c2ccccc2)C1. The first-order valence-corrected chi connectivity index (χ1v) is 8.33. The zero-order chi connectivity index (χ0) is 16.8. The van der Waals surface area contributed by atoms with E-state index in [0.29, 0.717) is 12.5 Å². The smallest absolute Gasteiger partial charge is 0.191 e. The van der Waals surface area contributed by atoms with Crippen LogP contribution in [0.3, 0.4) is 0 Å². The lowest BCUT2D eigenvalue weighted by Gasteiger charge is -2.19. The largest absolute Gasteiger partial charge is 0.371 e. The molecule has 0 saturated carbocycles. The highest BCUT2D eigenvalue weighted by atomic mass is 15.3. The number of nitrogens with one attached hydrogen (secondary N) is 2. The summed E-state index contributed by atoms with van der Waals surface area (Å²) in [6.07, 6.45) is 2.76. The van der Waals surface area contributed by atoms with Crippen molar-refractivity contribution in [2.24, 2.45) is 18.0 Å². The Labute approximate surface area is 142 Å². The van der Waals surface area contributed by atoms with Gasteiger partial charge < -0.3 is 15.5 Å². The Morgan fingerprint density at radius 2 is 2.12 bits per heavy atom. The van der Waals surface area contributed by atoms with E-state index in [1.807, 2.05) is 7.05 Å². The number of aromatic nitrogens is 3. The molecule has 2 N–H and O–H groups in total. The second-order valence-corrected chi connectivity index (χ2v) is 6.04. The van der Waals surface area contributed by atoms with Crippen LogP contribution in [0.5, 0.6) is 0 Å². The summed E-state index contributed by atoms with van der Waals surface area (Å²) in [6.45, 7) is 3.72. The molecule has 1 aliphatic rings. The molecular formula is C17H25N7. The molecule has 3 rings (SSSR count). The van der Waals surface area contributed by atoms with Gasteiger partial charge in [0, 0.05) is 39.4 Å². The predicted octanol–water partition coefficient (Wildman–Crippen LogP) is 1.01. The van der Waals surface area contributed by atoms with Crippen LogP contribution in [0.1, 0.15) is 12.2 Å². The van der Waals surface area contributed by atoms with Gasteiger partial charge in [-0.05, 0) is 24.5 Å². The van der Waals surface area contributed by atoms with Gasteiger partial charge in [0.2, 0.25) is 0 Å². The quantitative estimate of drug-likeness (QED) is 0.633. The molecule has 0 amide bonds. The molecule has 7 nitrogen and oxygen atoms in total. The molecule has 1 fully saturated rings. The predicted molar refractivity (Wildman–Crippen MR) is 96.0 cm³/mol. The molecule has 1 saturated heterocycles. The van der Waals surface area contributed by atoms with E-state index in [1.165, 1.54) is 12.1 Å². The van der Waals surface area contributed by atoms with Gasteiger partial charge in [0.25, 0.3) is 0 Å². The van der Waals surface area contributed by atoms with Gasteiger partial charge in [-0.3, -0.25) is 9.67 Å². The van der Waals surface area contributed by atoms with Crippen molar-refractivity contribution in [2.75, 3.05) is 31.6 Å². The van der Waals surface area contributed by atoms with E-state index in [4.69, 9.17) is 0 Å². The van der Waals surface area contributed by atoms with Crippen LogP contribution in [0.25, 0.3) is 0 Å². The molecule has 128 valence electrons. The zero-order valence-electron chi connectivity index (χ0n) is 14.3. The van der Waals surface area contributed by atoms with Gasteiger partial charge in [0.05, 0.1) is 6.54 Å². The summed E-state index contributed by atoms with van der Waals surface area (Å²) in [5, 5.41) is 10.8. The molecule has 0 radical (unpaired) electrons. The Hall–Kier alpha value is -2.57. The van der Waals surface area contributed by atoms with Crippen molar-refractivity contribution < 1.29 is 0 Å². The third-order valence-electron chi connectivity index (χ3n) is 4.41. The number of aliphatic imine (C=N–C) groups is 1. The number of aryl methyl sites for hydroxylation is 1.